The topological polar surface area (TPSA) is 78.7 Å². The molecule has 7 heteroatoms. The number of carbonyl (C=O) groups excluding carboxylic acids is 1. The van der Waals surface area contributed by atoms with Crippen LogP contribution in [0, 0.1) is 11.3 Å². The minimum atomic E-state index is -0.386. The van der Waals surface area contributed by atoms with E-state index in [0.29, 0.717) is 16.3 Å². The number of pyridine rings is 2. The molecular weight excluding hydrogens is 308 g/mol. The predicted octanol–water partition coefficient (Wildman–Crippen LogP) is 3.12. The van der Waals surface area contributed by atoms with Crippen molar-refractivity contribution in [2.24, 2.45) is 0 Å². The van der Waals surface area contributed by atoms with Gasteiger partial charge in [0.2, 0.25) is 5.91 Å². The van der Waals surface area contributed by atoms with Crippen LogP contribution in [0.3, 0.4) is 0 Å². The van der Waals surface area contributed by atoms with Crippen molar-refractivity contribution in [3.63, 3.8) is 0 Å². The Labute approximate surface area is 131 Å². The van der Waals surface area contributed by atoms with Crippen molar-refractivity contribution in [1.29, 1.82) is 5.26 Å². The Balaban J connectivity index is 2.03. The van der Waals surface area contributed by atoms with Gasteiger partial charge in [0.05, 0.1) is 27.6 Å². The van der Waals surface area contributed by atoms with Crippen molar-refractivity contribution in [1.82, 2.24) is 9.97 Å². The summed E-state index contributed by atoms with van der Waals surface area (Å²) in [7, 11) is 0. The van der Waals surface area contributed by atoms with Gasteiger partial charge in [-0.2, -0.15) is 5.26 Å². The fraction of sp³-hybridized carbons (Fsp3) is 0.143. The quantitative estimate of drug-likeness (QED) is 0.692. The largest absolute Gasteiger partial charge is 0.322 e. The molecule has 2 rings (SSSR count). The Morgan fingerprint density at radius 1 is 1.43 bits per heavy atom. The first kappa shape index (κ1) is 15.3. The zero-order valence-electron chi connectivity index (χ0n) is 11.1. The Kier molecular flexibility index (Phi) is 5.14. The molecule has 0 aliphatic rings. The van der Waals surface area contributed by atoms with E-state index in [1.54, 1.807) is 43.6 Å². The van der Waals surface area contributed by atoms with E-state index in [1.807, 2.05) is 6.07 Å². The lowest BCUT2D eigenvalue weighted by atomic mass is 10.3. The van der Waals surface area contributed by atoms with Crippen molar-refractivity contribution in [3.8, 4) is 6.07 Å². The van der Waals surface area contributed by atoms with Crippen LogP contribution < -0.4 is 5.32 Å². The summed E-state index contributed by atoms with van der Waals surface area (Å²) in [5.74, 6) is -0.209. The standard InChI is InChI=1S/C14H11ClN4OS/c1-9(21-12-7-10(8-16)4-6-17-12)14(20)19-11-3-2-5-18-13(11)15/h2-7,9H,1H3,(H,19,20). The highest BCUT2D eigenvalue weighted by Gasteiger charge is 2.16. The van der Waals surface area contributed by atoms with Gasteiger partial charge in [-0.25, -0.2) is 9.97 Å². The Morgan fingerprint density at radius 3 is 2.95 bits per heavy atom. The molecule has 106 valence electrons. The summed E-state index contributed by atoms with van der Waals surface area (Å²) in [6.45, 7) is 1.75. The number of nitriles is 1. The van der Waals surface area contributed by atoms with E-state index >= 15 is 0 Å². The Morgan fingerprint density at radius 2 is 2.24 bits per heavy atom. The minimum Gasteiger partial charge on any atom is -0.322 e. The van der Waals surface area contributed by atoms with E-state index in [9.17, 15) is 4.79 Å². The van der Waals surface area contributed by atoms with E-state index in [0.717, 1.165) is 0 Å². The summed E-state index contributed by atoms with van der Waals surface area (Å²) in [6, 6.07) is 8.67. The van der Waals surface area contributed by atoms with Crippen LogP contribution in [0.4, 0.5) is 5.69 Å². The SMILES string of the molecule is CC(Sc1cc(C#N)ccn1)C(=O)Nc1cccnc1Cl. The Bertz CT molecular complexity index is 701. The third-order valence-electron chi connectivity index (χ3n) is 2.55. The molecule has 0 aliphatic carbocycles. The highest BCUT2D eigenvalue weighted by Crippen LogP contribution is 2.24. The van der Waals surface area contributed by atoms with E-state index in [1.165, 1.54) is 11.8 Å². The van der Waals surface area contributed by atoms with Crippen molar-refractivity contribution in [2.75, 3.05) is 5.32 Å². The summed E-state index contributed by atoms with van der Waals surface area (Å²) in [5, 5.41) is 12.0. The number of halogens is 1. The van der Waals surface area contributed by atoms with Gasteiger partial charge in [-0.3, -0.25) is 4.79 Å². The summed E-state index contributed by atoms with van der Waals surface area (Å²) in [6.07, 6.45) is 3.09. The van der Waals surface area contributed by atoms with Gasteiger partial charge in [-0.05, 0) is 31.2 Å². The molecule has 0 aliphatic heterocycles. The summed E-state index contributed by atoms with van der Waals surface area (Å²) >= 11 is 7.16. The smallest absolute Gasteiger partial charge is 0.237 e. The highest BCUT2D eigenvalue weighted by atomic mass is 35.5. The Hall–Kier alpha value is -2.10. The number of amides is 1. The van der Waals surface area contributed by atoms with Crippen LogP contribution in [0.5, 0.6) is 0 Å². The molecule has 0 fully saturated rings. The number of hydrogen-bond acceptors (Lipinski definition) is 5. The number of rotatable bonds is 4. The van der Waals surface area contributed by atoms with Gasteiger partial charge >= 0.3 is 0 Å². The highest BCUT2D eigenvalue weighted by molar-refractivity contribution is 8.00. The maximum atomic E-state index is 12.1. The van der Waals surface area contributed by atoms with E-state index in [-0.39, 0.29) is 16.3 Å². The maximum Gasteiger partial charge on any atom is 0.237 e. The molecule has 21 heavy (non-hydrogen) atoms. The molecule has 1 amide bonds. The monoisotopic (exact) mass is 318 g/mol. The van der Waals surface area contributed by atoms with Crippen LogP contribution in [-0.2, 0) is 4.79 Å². The van der Waals surface area contributed by atoms with Gasteiger partial charge in [0, 0.05) is 12.4 Å². The number of aromatic nitrogens is 2. The fourth-order valence-electron chi connectivity index (χ4n) is 1.49. The fourth-order valence-corrected chi connectivity index (χ4v) is 2.50. The second-order valence-corrected chi connectivity index (χ2v) is 5.80. The van der Waals surface area contributed by atoms with Crippen molar-refractivity contribution >= 4 is 35.0 Å². The average molecular weight is 319 g/mol. The maximum absolute atomic E-state index is 12.1. The first-order valence-corrected chi connectivity index (χ1v) is 7.30. The molecule has 5 nitrogen and oxygen atoms in total. The summed E-state index contributed by atoms with van der Waals surface area (Å²) in [5.41, 5.74) is 0.978. The lowest BCUT2D eigenvalue weighted by Gasteiger charge is -2.12. The minimum absolute atomic E-state index is 0.209. The molecule has 0 saturated carbocycles. The van der Waals surface area contributed by atoms with Crippen LogP contribution in [-0.4, -0.2) is 21.1 Å². The number of hydrogen-bond donors (Lipinski definition) is 1. The predicted molar refractivity (Wildman–Crippen MR) is 82.1 cm³/mol. The zero-order valence-corrected chi connectivity index (χ0v) is 12.6. The zero-order chi connectivity index (χ0) is 15.2. The van der Waals surface area contributed by atoms with Gasteiger partial charge in [-0.1, -0.05) is 23.4 Å². The average Bonchev–Trinajstić information content (AvgIpc) is 2.49. The van der Waals surface area contributed by atoms with Crippen LogP contribution in [0.2, 0.25) is 5.15 Å². The molecule has 2 heterocycles. The van der Waals surface area contributed by atoms with Gasteiger partial charge < -0.3 is 5.32 Å². The van der Waals surface area contributed by atoms with Gasteiger partial charge in [0.15, 0.2) is 5.15 Å². The molecule has 0 bridgehead atoms. The number of thioether (sulfide) groups is 1. The van der Waals surface area contributed by atoms with Crippen LogP contribution >= 0.6 is 23.4 Å². The van der Waals surface area contributed by atoms with E-state index in [4.69, 9.17) is 16.9 Å². The molecule has 1 unspecified atom stereocenters. The first-order chi connectivity index (χ1) is 10.1. The second-order valence-electron chi connectivity index (χ2n) is 4.09. The van der Waals surface area contributed by atoms with Gasteiger partial charge in [-0.15, -0.1) is 0 Å². The lowest BCUT2D eigenvalue weighted by molar-refractivity contribution is -0.115. The van der Waals surface area contributed by atoms with Crippen LogP contribution in [0.15, 0.2) is 41.7 Å². The normalized spacial score (nSPS) is 11.5. The van der Waals surface area contributed by atoms with Crippen LogP contribution in [0.25, 0.3) is 0 Å². The summed E-state index contributed by atoms with van der Waals surface area (Å²) < 4.78 is 0. The van der Waals surface area contributed by atoms with E-state index in [2.05, 4.69) is 15.3 Å². The van der Waals surface area contributed by atoms with Crippen molar-refractivity contribution < 1.29 is 4.79 Å². The second kappa shape index (κ2) is 7.07. The lowest BCUT2D eigenvalue weighted by Crippen LogP contribution is -2.22. The molecule has 0 radical (unpaired) electrons. The molecule has 1 atom stereocenters. The number of nitrogens with zero attached hydrogens (tertiary/aromatic N) is 3. The molecule has 0 saturated heterocycles. The number of anilines is 1. The molecule has 2 aromatic rings. The first-order valence-electron chi connectivity index (χ1n) is 6.04. The molecular formula is C14H11ClN4OS. The van der Waals surface area contributed by atoms with E-state index < -0.39 is 0 Å². The third-order valence-corrected chi connectivity index (χ3v) is 3.88. The third kappa shape index (κ3) is 4.18. The summed E-state index contributed by atoms with van der Waals surface area (Å²) in [4.78, 5) is 20.1. The van der Waals surface area contributed by atoms with Crippen molar-refractivity contribution in [3.05, 3.63) is 47.4 Å². The van der Waals surface area contributed by atoms with Crippen LogP contribution in [0.1, 0.15) is 12.5 Å². The molecule has 1 N–H and O–H groups in total. The number of nitrogens with one attached hydrogen (secondary N) is 1. The molecule has 2 aromatic heterocycles. The molecule has 0 spiro atoms. The van der Waals surface area contributed by atoms with Gasteiger partial charge in [0.25, 0.3) is 0 Å². The van der Waals surface area contributed by atoms with Gasteiger partial charge in [0.1, 0.15) is 0 Å². The molecule has 0 aromatic carbocycles. The van der Waals surface area contributed by atoms with Crippen molar-refractivity contribution in [2.45, 2.75) is 17.2 Å². The number of carbonyl (C=O) groups is 1.